The summed E-state index contributed by atoms with van der Waals surface area (Å²) in [7, 11) is 0. The van der Waals surface area contributed by atoms with Gasteiger partial charge in [-0.2, -0.15) is 0 Å². The molecule has 1 aromatic rings. The second-order valence-electron chi connectivity index (χ2n) is 2.77. The molecule has 0 bridgehead atoms. The van der Waals surface area contributed by atoms with Crippen molar-refractivity contribution >= 4 is 5.69 Å². The Hall–Kier alpha value is -1.70. The molecule has 1 aromatic carbocycles. The van der Waals surface area contributed by atoms with Crippen molar-refractivity contribution < 1.29 is 0 Å². The standard InChI is InChI=1S/C11H11N2/c1-2-6-10(7-3-1)13-11-8-4-5-9-12-11/h1-9,12-13H. The van der Waals surface area contributed by atoms with E-state index in [2.05, 4.69) is 10.6 Å². The zero-order valence-electron chi connectivity index (χ0n) is 7.20. The third-order valence-electron chi connectivity index (χ3n) is 1.76. The molecule has 2 heteroatoms. The molecule has 2 N–H and O–H groups in total. The molecule has 2 nitrogen and oxygen atoms in total. The Labute approximate surface area is 78.0 Å². The van der Waals surface area contributed by atoms with E-state index in [1.807, 2.05) is 54.8 Å². The quantitative estimate of drug-likeness (QED) is 0.713. The molecule has 0 saturated carbocycles. The van der Waals surface area contributed by atoms with Crippen molar-refractivity contribution in [3.8, 4) is 0 Å². The van der Waals surface area contributed by atoms with E-state index in [4.69, 9.17) is 0 Å². The van der Waals surface area contributed by atoms with Crippen LogP contribution < -0.4 is 10.6 Å². The number of para-hydroxylation sites is 1. The summed E-state index contributed by atoms with van der Waals surface area (Å²) in [5, 5.41) is 6.35. The molecule has 0 atom stereocenters. The van der Waals surface area contributed by atoms with Gasteiger partial charge in [-0.25, -0.2) is 0 Å². The van der Waals surface area contributed by atoms with E-state index < -0.39 is 0 Å². The molecule has 0 aliphatic carbocycles. The molecule has 1 radical (unpaired) electrons. The summed E-state index contributed by atoms with van der Waals surface area (Å²) in [6.45, 7) is 0. The van der Waals surface area contributed by atoms with E-state index in [1.165, 1.54) is 0 Å². The fraction of sp³-hybridized carbons (Fsp3) is 0. The van der Waals surface area contributed by atoms with E-state index in [9.17, 15) is 0 Å². The van der Waals surface area contributed by atoms with Crippen LogP contribution in [0, 0.1) is 6.17 Å². The van der Waals surface area contributed by atoms with E-state index in [0.29, 0.717) is 0 Å². The predicted octanol–water partition coefficient (Wildman–Crippen LogP) is 2.26. The monoisotopic (exact) mass is 171 g/mol. The average Bonchev–Trinajstić information content (AvgIpc) is 2.21. The molecule has 1 heterocycles. The highest BCUT2D eigenvalue weighted by molar-refractivity contribution is 5.48. The Morgan fingerprint density at radius 1 is 1.00 bits per heavy atom. The van der Waals surface area contributed by atoms with Gasteiger partial charge in [0.05, 0.1) is 0 Å². The van der Waals surface area contributed by atoms with Gasteiger partial charge in [0.15, 0.2) is 6.17 Å². The zero-order chi connectivity index (χ0) is 8.93. The van der Waals surface area contributed by atoms with Gasteiger partial charge in [0.2, 0.25) is 0 Å². The van der Waals surface area contributed by atoms with Gasteiger partial charge in [0.1, 0.15) is 0 Å². The summed E-state index contributed by atoms with van der Waals surface area (Å²) >= 11 is 0. The van der Waals surface area contributed by atoms with E-state index in [-0.39, 0.29) is 0 Å². The Balaban J connectivity index is 1.99. The maximum atomic E-state index is 3.25. The van der Waals surface area contributed by atoms with Crippen LogP contribution in [-0.4, -0.2) is 0 Å². The van der Waals surface area contributed by atoms with Crippen LogP contribution in [0.1, 0.15) is 0 Å². The number of dihydropyridines is 1. The summed E-state index contributed by atoms with van der Waals surface area (Å²) in [5.74, 6) is 0. The van der Waals surface area contributed by atoms with Crippen molar-refractivity contribution in [2.45, 2.75) is 0 Å². The summed E-state index contributed by atoms with van der Waals surface area (Å²) in [4.78, 5) is 0. The third-order valence-corrected chi connectivity index (χ3v) is 1.76. The van der Waals surface area contributed by atoms with Crippen LogP contribution >= 0.6 is 0 Å². The Morgan fingerprint density at radius 3 is 2.54 bits per heavy atom. The highest BCUT2D eigenvalue weighted by Crippen LogP contribution is 2.11. The van der Waals surface area contributed by atoms with E-state index in [0.717, 1.165) is 11.9 Å². The Kier molecular flexibility index (Phi) is 2.32. The van der Waals surface area contributed by atoms with Crippen molar-refractivity contribution in [1.29, 1.82) is 0 Å². The van der Waals surface area contributed by atoms with Crippen LogP contribution in [-0.2, 0) is 0 Å². The molecule has 0 aromatic heterocycles. The molecule has 0 saturated heterocycles. The zero-order valence-corrected chi connectivity index (χ0v) is 7.20. The maximum Gasteiger partial charge on any atom is 0.174 e. The maximum absolute atomic E-state index is 3.25. The van der Waals surface area contributed by atoms with Crippen LogP contribution in [0.4, 0.5) is 5.69 Å². The van der Waals surface area contributed by atoms with Gasteiger partial charge in [-0.15, -0.1) is 0 Å². The molecule has 0 unspecified atom stereocenters. The summed E-state index contributed by atoms with van der Waals surface area (Å²) in [5.41, 5.74) is 1.09. The first-order chi connectivity index (χ1) is 6.45. The van der Waals surface area contributed by atoms with E-state index in [1.54, 1.807) is 0 Å². The average molecular weight is 171 g/mol. The number of nitrogens with one attached hydrogen (secondary N) is 2. The largest absolute Gasteiger partial charge is 0.362 e. The minimum atomic E-state index is 0.994. The lowest BCUT2D eigenvalue weighted by Crippen LogP contribution is -2.22. The van der Waals surface area contributed by atoms with Crippen molar-refractivity contribution in [1.82, 2.24) is 5.32 Å². The van der Waals surface area contributed by atoms with Gasteiger partial charge in [-0.3, -0.25) is 0 Å². The van der Waals surface area contributed by atoms with E-state index >= 15 is 0 Å². The molecular weight excluding hydrogens is 160 g/mol. The number of hydrogen-bond acceptors (Lipinski definition) is 2. The minimum Gasteiger partial charge on any atom is -0.362 e. The highest BCUT2D eigenvalue weighted by Gasteiger charge is 2.03. The van der Waals surface area contributed by atoms with Crippen molar-refractivity contribution in [3.63, 3.8) is 0 Å². The molecule has 0 spiro atoms. The Bertz CT molecular complexity index is 314. The van der Waals surface area contributed by atoms with Crippen LogP contribution in [0.2, 0.25) is 0 Å². The third kappa shape index (κ3) is 2.12. The van der Waals surface area contributed by atoms with Crippen molar-refractivity contribution in [2.24, 2.45) is 0 Å². The highest BCUT2D eigenvalue weighted by atomic mass is 15.1. The second kappa shape index (κ2) is 3.81. The predicted molar refractivity (Wildman–Crippen MR) is 54.7 cm³/mol. The van der Waals surface area contributed by atoms with Gasteiger partial charge in [-0.1, -0.05) is 24.3 Å². The van der Waals surface area contributed by atoms with Crippen LogP contribution in [0.3, 0.4) is 0 Å². The first kappa shape index (κ1) is 7.92. The number of anilines is 1. The molecule has 13 heavy (non-hydrogen) atoms. The normalized spacial score (nSPS) is 15.4. The Morgan fingerprint density at radius 2 is 1.85 bits per heavy atom. The van der Waals surface area contributed by atoms with Crippen LogP contribution in [0.15, 0.2) is 54.8 Å². The van der Waals surface area contributed by atoms with Crippen LogP contribution in [0.25, 0.3) is 0 Å². The molecule has 0 amide bonds. The molecule has 65 valence electrons. The summed E-state index contributed by atoms with van der Waals surface area (Å²) < 4.78 is 0. The molecule has 1 aliphatic rings. The van der Waals surface area contributed by atoms with Crippen LogP contribution in [0.5, 0.6) is 0 Å². The van der Waals surface area contributed by atoms with Crippen molar-refractivity contribution in [2.75, 3.05) is 5.32 Å². The molecule has 2 rings (SSSR count). The van der Waals surface area contributed by atoms with Gasteiger partial charge < -0.3 is 10.6 Å². The minimum absolute atomic E-state index is 0.994. The summed E-state index contributed by atoms with van der Waals surface area (Å²) in [6, 6.07) is 10.1. The fourth-order valence-electron chi connectivity index (χ4n) is 1.15. The number of hydrogen-bond donors (Lipinski definition) is 2. The summed E-state index contributed by atoms with van der Waals surface area (Å²) in [6.07, 6.45) is 8.82. The first-order valence-electron chi connectivity index (χ1n) is 4.24. The SMILES string of the molecule is C1=CN[C](Nc2ccccc2)C=C1. The lowest BCUT2D eigenvalue weighted by Gasteiger charge is -2.16. The first-order valence-corrected chi connectivity index (χ1v) is 4.24. The number of benzene rings is 1. The molecular formula is C11H11N2. The number of rotatable bonds is 2. The fourth-order valence-corrected chi connectivity index (χ4v) is 1.15. The molecule has 0 fully saturated rings. The smallest absolute Gasteiger partial charge is 0.174 e. The lowest BCUT2D eigenvalue weighted by molar-refractivity contribution is 0.938. The topological polar surface area (TPSA) is 24.1 Å². The van der Waals surface area contributed by atoms with Gasteiger partial charge >= 0.3 is 0 Å². The lowest BCUT2D eigenvalue weighted by atomic mass is 10.3. The van der Waals surface area contributed by atoms with Gasteiger partial charge in [0, 0.05) is 5.69 Å². The van der Waals surface area contributed by atoms with Crippen molar-refractivity contribution in [3.05, 3.63) is 60.9 Å². The van der Waals surface area contributed by atoms with Gasteiger partial charge in [-0.05, 0) is 30.5 Å². The number of allylic oxidation sites excluding steroid dienone is 2. The van der Waals surface area contributed by atoms with Gasteiger partial charge in [0.25, 0.3) is 0 Å². The molecule has 1 aliphatic heterocycles. The second-order valence-corrected chi connectivity index (χ2v) is 2.77.